The van der Waals surface area contributed by atoms with Crippen LogP contribution in [0.25, 0.3) is 0 Å². The van der Waals surface area contributed by atoms with Gasteiger partial charge in [0.15, 0.2) is 0 Å². The Kier molecular flexibility index (Phi) is 2.75. The number of hydrogen-bond donors (Lipinski definition) is 1. The van der Waals surface area contributed by atoms with Gasteiger partial charge in [-0.1, -0.05) is 60.7 Å². The quantitative estimate of drug-likeness (QED) is 0.744. The smallest absolute Gasteiger partial charge is 0.0208 e. The molecule has 1 N–H and O–H groups in total. The third-order valence-corrected chi connectivity index (χ3v) is 5.21. The Bertz CT molecular complexity index is 433. The summed E-state index contributed by atoms with van der Waals surface area (Å²) in [6.07, 6.45) is 0. The Hall–Kier alpha value is -1.33. The number of hydrogen-bond acceptors (Lipinski definition) is 1. The molecule has 0 aliphatic carbocycles. The van der Waals surface area contributed by atoms with Crippen molar-refractivity contribution >= 4 is 17.7 Å². The monoisotopic (exact) mass is 215 g/mol. The zero-order valence-electron chi connectivity index (χ0n) is 8.72. The molecule has 2 aromatic carbocycles. The third-order valence-electron chi connectivity index (χ3n) is 2.55. The Labute approximate surface area is 90.6 Å². The normalized spacial score (nSPS) is 11.3. The highest BCUT2D eigenvalue weighted by molar-refractivity contribution is 7.79. The summed E-state index contributed by atoms with van der Waals surface area (Å²) in [5.74, 6) is 0. The number of benzene rings is 2. The van der Waals surface area contributed by atoms with Crippen LogP contribution in [0.2, 0.25) is 0 Å². The first-order chi connectivity index (χ1) is 7.21. The molecule has 0 bridgehead atoms. The van der Waals surface area contributed by atoms with Crippen LogP contribution in [-0.2, 0) is 0 Å². The van der Waals surface area contributed by atoms with E-state index >= 15 is 0 Å². The molecule has 0 atom stereocenters. The van der Waals surface area contributed by atoms with Crippen LogP contribution in [0, 0.1) is 5.16 Å². The van der Waals surface area contributed by atoms with Gasteiger partial charge in [-0.05, 0) is 17.3 Å². The molecule has 0 radical (unpaired) electrons. The molecule has 76 valence electrons. The van der Waals surface area contributed by atoms with E-state index in [0.717, 1.165) is 10.6 Å². The van der Waals surface area contributed by atoms with Crippen molar-refractivity contribution in [1.82, 2.24) is 0 Å². The second kappa shape index (κ2) is 4.04. The predicted molar refractivity (Wildman–Crippen MR) is 67.7 cm³/mol. The van der Waals surface area contributed by atoms with Gasteiger partial charge in [0.05, 0.1) is 0 Å². The fourth-order valence-corrected chi connectivity index (χ4v) is 3.44. The maximum absolute atomic E-state index is 8.52. The van der Waals surface area contributed by atoms with Crippen molar-refractivity contribution in [3.63, 3.8) is 0 Å². The molecule has 0 fully saturated rings. The lowest BCUT2D eigenvalue weighted by molar-refractivity contribution is 1.58. The minimum absolute atomic E-state index is 1.14. The topological polar surface area (TPSA) is 23.9 Å². The zero-order valence-corrected chi connectivity index (χ0v) is 9.62. The van der Waals surface area contributed by atoms with Crippen molar-refractivity contribution in [3.8, 4) is 0 Å². The molecule has 2 rings (SSSR count). The van der Waals surface area contributed by atoms with E-state index in [1.54, 1.807) is 0 Å². The van der Waals surface area contributed by atoms with E-state index < -0.39 is 7.05 Å². The van der Waals surface area contributed by atoms with Gasteiger partial charge in [0, 0.05) is 7.05 Å². The van der Waals surface area contributed by atoms with Crippen LogP contribution in [0.4, 0.5) is 0 Å². The first kappa shape index (κ1) is 10.2. The van der Waals surface area contributed by atoms with Crippen molar-refractivity contribution < 1.29 is 0 Å². The van der Waals surface area contributed by atoms with Gasteiger partial charge in [-0.3, -0.25) is 0 Å². The van der Waals surface area contributed by atoms with Crippen molar-refractivity contribution in [1.29, 1.82) is 5.16 Å². The highest BCUT2D eigenvalue weighted by Gasteiger charge is 2.14. The Morgan fingerprint density at radius 2 is 1.07 bits per heavy atom. The average molecular weight is 215 g/mol. The maximum atomic E-state index is 8.52. The summed E-state index contributed by atoms with van der Waals surface area (Å²) in [4.78, 5) is 0. The highest BCUT2D eigenvalue weighted by atomic mass is 31.2. The zero-order chi connectivity index (χ0) is 10.7. The second-order valence-electron chi connectivity index (χ2n) is 3.68. The average Bonchev–Trinajstić information content (AvgIpc) is 2.31. The van der Waals surface area contributed by atoms with Crippen molar-refractivity contribution in [2.24, 2.45) is 0 Å². The summed E-state index contributed by atoms with van der Waals surface area (Å²) in [7, 11) is -1.90. The standard InChI is InChI=1S/C13H14NP/c1-15(14,12-8-4-2-5-9-12)13-10-6-3-7-11-13/h2-11,14H,1H3. The predicted octanol–water partition coefficient (Wildman–Crippen LogP) is 3.05. The van der Waals surface area contributed by atoms with Crippen molar-refractivity contribution in [2.75, 3.05) is 6.66 Å². The summed E-state index contributed by atoms with van der Waals surface area (Å²) in [6.45, 7) is 2.04. The number of rotatable bonds is 2. The van der Waals surface area contributed by atoms with Gasteiger partial charge in [0.2, 0.25) is 0 Å². The van der Waals surface area contributed by atoms with Gasteiger partial charge in [-0.25, -0.2) is 0 Å². The van der Waals surface area contributed by atoms with Crippen LogP contribution in [0.15, 0.2) is 60.7 Å². The van der Waals surface area contributed by atoms with Gasteiger partial charge in [0.1, 0.15) is 0 Å². The summed E-state index contributed by atoms with van der Waals surface area (Å²) < 4.78 is 0. The van der Waals surface area contributed by atoms with E-state index in [1.165, 1.54) is 0 Å². The molecular weight excluding hydrogens is 201 g/mol. The lowest BCUT2D eigenvalue weighted by Gasteiger charge is -2.17. The Morgan fingerprint density at radius 3 is 1.40 bits per heavy atom. The van der Waals surface area contributed by atoms with E-state index in [2.05, 4.69) is 0 Å². The van der Waals surface area contributed by atoms with Gasteiger partial charge in [-0.15, -0.1) is 0 Å². The summed E-state index contributed by atoms with van der Waals surface area (Å²) >= 11 is 0. The highest BCUT2D eigenvalue weighted by Crippen LogP contribution is 2.39. The molecule has 1 nitrogen and oxygen atoms in total. The van der Waals surface area contributed by atoms with E-state index in [4.69, 9.17) is 5.16 Å². The second-order valence-corrected chi connectivity index (χ2v) is 6.72. The van der Waals surface area contributed by atoms with Crippen LogP contribution in [0.3, 0.4) is 0 Å². The van der Waals surface area contributed by atoms with E-state index in [9.17, 15) is 0 Å². The molecule has 0 saturated heterocycles. The molecule has 0 aromatic heterocycles. The molecular formula is C13H14NP. The van der Waals surface area contributed by atoms with Gasteiger partial charge < -0.3 is 5.16 Å². The summed E-state index contributed by atoms with van der Waals surface area (Å²) in [5.41, 5.74) is 0. The molecule has 0 unspecified atom stereocenters. The van der Waals surface area contributed by atoms with E-state index in [1.807, 2.05) is 67.3 Å². The lowest BCUT2D eigenvalue weighted by Crippen LogP contribution is -2.13. The minimum Gasteiger partial charge on any atom is -0.310 e. The molecule has 0 saturated carbocycles. The maximum Gasteiger partial charge on any atom is 0.0208 e. The molecule has 15 heavy (non-hydrogen) atoms. The molecule has 2 aromatic rings. The summed E-state index contributed by atoms with van der Waals surface area (Å²) in [6, 6.07) is 20.2. The van der Waals surface area contributed by atoms with E-state index in [-0.39, 0.29) is 0 Å². The fourth-order valence-electron chi connectivity index (χ4n) is 1.60. The fraction of sp³-hybridized carbons (Fsp3) is 0.0769. The van der Waals surface area contributed by atoms with Crippen LogP contribution in [0.5, 0.6) is 0 Å². The van der Waals surface area contributed by atoms with Crippen LogP contribution < -0.4 is 10.6 Å². The van der Waals surface area contributed by atoms with Gasteiger partial charge in [-0.2, -0.15) is 0 Å². The summed E-state index contributed by atoms with van der Waals surface area (Å²) in [5, 5.41) is 10.8. The molecule has 0 spiro atoms. The molecule has 0 amide bonds. The Balaban J connectivity index is 2.50. The molecule has 0 heterocycles. The minimum atomic E-state index is -1.90. The first-order valence-corrected chi connectivity index (χ1v) is 7.18. The van der Waals surface area contributed by atoms with Crippen molar-refractivity contribution in [3.05, 3.63) is 60.7 Å². The SMILES string of the molecule is CP(=N)(c1ccccc1)c1ccccc1. The van der Waals surface area contributed by atoms with Crippen LogP contribution >= 0.6 is 7.05 Å². The van der Waals surface area contributed by atoms with Crippen molar-refractivity contribution in [2.45, 2.75) is 0 Å². The first-order valence-electron chi connectivity index (χ1n) is 4.94. The third kappa shape index (κ3) is 2.03. The number of nitrogens with one attached hydrogen (secondary N) is 1. The van der Waals surface area contributed by atoms with Gasteiger partial charge in [0.25, 0.3) is 0 Å². The Morgan fingerprint density at radius 1 is 0.733 bits per heavy atom. The van der Waals surface area contributed by atoms with Crippen LogP contribution in [0.1, 0.15) is 0 Å². The van der Waals surface area contributed by atoms with Crippen LogP contribution in [-0.4, -0.2) is 6.66 Å². The van der Waals surface area contributed by atoms with E-state index in [0.29, 0.717) is 0 Å². The lowest BCUT2D eigenvalue weighted by atomic mass is 10.4. The molecule has 0 aliphatic heterocycles. The van der Waals surface area contributed by atoms with Gasteiger partial charge >= 0.3 is 0 Å². The molecule has 0 aliphatic rings. The largest absolute Gasteiger partial charge is 0.310 e. The molecule has 2 heteroatoms.